The molecule has 3 rings (SSSR count). The van der Waals surface area contributed by atoms with Crippen molar-refractivity contribution in [2.24, 2.45) is 11.3 Å². The summed E-state index contributed by atoms with van der Waals surface area (Å²) < 4.78 is 0. The third kappa shape index (κ3) is 2.10. The Kier molecular flexibility index (Phi) is 3.41. The molecule has 0 aliphatic heterocycles. The maximum absolute atomic E-state index is 12.7. The van der Waals surface area contributed by atoms with Crippen molar-refractivity contribution >= 4 is 5.78 Å². The average Bonchev–Trinajstić information content (AvgIpc) is 2.41. The molecule has 1 aromatic rings. The maximum Gasteiger partial charge on any atom is 0.163 e. The second-order valence-corrected chi connectivity index (χ2v) is 8.06. The monoisotopic (exact) mass is 302 g/mol. The summed E-state index contributed by atoms with van der Waals surface area (Å²) >= 11 is 0. The molecule has 3 heteroatoms. The summed E-state index contributed by atoms with van der Waals surface area (Å²) in [5, 5.41) is 21.7. The van der Waals surface area contributed by atoms with Crippen molar-refractivity contribution in [2.45, 2.75) is 64.9 Å². The minimum atomic E-state index is -0.988. The van der Waals surface area contributed by atoms with Crippen molar-refractivity contribution in [3.63, 3.8) is 0 Å². The molecule has 0 aromatic heterocycles. The van der Waals surface area contributed by atoms with Crippen LogP contribution < -0.4 is 0 Å². The lowest BCUT2D eigenvalue weighted by molar-refractivity contribution is -0.112. The van der Waals surface area contributed by atoms with Gasteiger partial charge in [0.25, 0.3) is 0 Å². The molecule has 0 saturated heterocycles. The number of hydrogen-bond acceptors (Lipinski definition) is 3. The molecular formula is C19H26O3. The van der Waals surface area contributed by atoms with Crippen LogP contribution in [-0.4, -0.2) is 16.0 Å². The van der Waals surface area contributed by atoms with Crippen molar-refractivity contribution in [3.05, 3.63) is 28.8 Å². The topological polar surface area (TPSA) is 57.5 Å². The lowest BCUT2D eigenvalue weighted by Crippen LogP contribution is -2.51. The highest BCUT2D eigenvalue weighted by atomic mass is 16.3. The first-order valence-electron chi connectivity index (χ1n) is 8.30. The standard InChI is InChI=1S/C19H26O3/c1-11(2)12-8-13-14(9-15(12)20)19(22)7-5-6-18(3,4)17(19)10-16(13)21/h8-9,11,17,20,22H,5-7,10H2,1-4H3/t17-,19-/m0/s1. The van der Waals surface area contributed by atoms with Gasteiger partial charge in [0.05, 0.1) is 5.60 Å². The number of rotatable bonds is 1. The van der Waals surface area contributed by atoms with Gasteiger partial charge in [-0.25, -0.2) is 0 Å². The third-order valence-electron chi connectivity index (χ3n) is 5.84. The van der Waals surface area contributed by atoms with Gasteiger partial charge in [0.1, 0.15) is 5.75 Å². The van der Waals surface area contributed by atoms with Crippen LogP contribution in [0.1, 0.15) is 80.8 Å². The Bertz CT molecular complexity index is 630. The molecule has 0 bridgehead atoms. The fourth-order valence-electron chi connectivity index (χ4n) is 4.53. The third-order valence-corrected chi connectivity index (χ3v) is 5.84. The van der Waals surface area contributed by atoms with Gasteiger partial charge in [0.15, 0.2) is 5.78 Å². The Morgan fingerprint density at radius 1 is 1.23 bits per heavy atom. The fraction of sp³-hybridized carbons (Fsp3) is 0.632. The highest BCUT2D eigenvalue weighted by Crippen LogP contribution is 2.56. The van der Waals surface area contributed by atoms with E-state index in [0.717, 1.165) is 18.4 Å². The molecule has 2 atom stereocenters. The fourth-order valence-corrected chi connectivity index (χ4v) is 4.53. The number of carbonyl (C=O) groups is 1. The van der Waals surface area contributed by atoms with Crippen LogP contribution in [0.25, 0.3) is 0 Å². The largest absolute Gasteiger partial charge is 0.508 e. The van der Waals surface area contributed by atoms with E-state index in [1.54, 1.807) is 12.1 Å². The van der Waals surface area contributed by atoms with Crippen LogP contribution in [0, 0.1) is 11.3 Å². The zero-order chi connectivity index (χ0) is 16.3. The zero-order valence-corrected chi connectivity index (χ0v) is 13.9. The molecule has 2 aliphatic rings. The van der Waals surface area contributed by atoms with E-state index in [4.69, 9.17) is 0 Å². The van der Waals surface area contributed by atoms with Crippen molar-refractivity contribution in [3.8, 4) is 5.75 Å². The maximum atomic E-state index is 12.7. The number of benzene rings is 1. The predicted molar refractivity (Wildman–Crippen MR) is 86.2 cm³/mol. The van der Waals surface area contributed by atoms with Gasteiger partial charge < -0.3 is 10.2 Å². The Morgan fingerprint density at radius 2 is 1.91 bits per heavy atom. The molecule has 3 nitrogen and oxygen atoms in total. The number of fused-ring (bicyclic) bond motifs is 3. The second kappa shape index (κ2) is 4.82. The van der Waals surface area contributed by atoms with E-state index in [0.29, 0.717) is 24.0 Å². The summed E-state index contributed by atoms with van der Waals surface area (Å²) in [6.07, 6.45) is 3.04. The first-order chi connectivity index (χ1) is 10.2. The predicted octanol–water partition coefficient (Wildman–Crippen LogP) is 4.12. The van der Waals surface area contributed by atoms with Gasteiger partial charge in [-0.2, -0.15) is 0 Å². The molecule has 1 aromatic carbocycles. The van der Waals surface area contributed by atoms with E-state index in [2.05, 4.69) is 13.8 Å². The number of carbonyl (C=O) groups excluding carboxylic acids is 1. The smallest absolute Gasteiger partial charge is 0.163 e. The van der Waals surface area contributed by atoms with Gasteiger partial charge in [0.2, 0.25) is 0 Å². The van der Waals surface area contributed by atoms with Crippen LogP contribution in [0.5, 0.6) is 5.75 Å². The molecule has 2 aliphatic carbocycles. The molecule has 22 heavy (non-hydrogen) atoms. The molecule has 1 saturated carbocycles. The summed E-state index contributed by atoms with van der Waals surface area (Å²) in [7, 11) is 0. The van der Waals surface area contributed by atoms with E-state index < -0.39 is 5.60 Å². The van der Waals surface area contributed by atoms with E-state index in [1.807, 2.05) is 13.8 Å². The van der Waals surface area contributed by atoms with Gasteiger partial charge in [0, 0.05) is 17.9 Å². The number of ketones is 1. The van der Waals surface area contributed by atoms with Crippen LogP contribution in [0.2, 0.25) is 0 Å². The number of phenolic OH excluding ortho intramolecular Hbond substituents is 1. The van der Waals surface area contributed by atoms with E-state index in [9.17, 15) is 15.0 Å². The minimum Gasteiger partial charge on any atom is -0.508 e. The van der Waals surface area contributed by atoms with Gasteiger partial charge in [-0.1, -0.05) is 27.7 Å². The SMILES string of the molecule is CC(C)c1cc2c(cc1O)[C@@]1(O)CCCC(C)(C)[C@@H]1CC2=O. The summed E-state index contributed by atoms with van der Waals surface area (Å²) in [6, 6.07) is 3.45. The molecule has 0 unspecified atom stereocenters. The van der Waals surface area contributed by atoms with Gasteiger partial charge >= 0.3 is 0 Å². The second-order valence-electron chi connectivity index (χ2n) is 8.06. The molecule has 0 amide bonds. The van der Waals surface area contributed by atoms with Gasteiger partial charge in [-0.05, 0) is 53.9 Å². The molecule has 0 radical (unpaired) electrons. The van der Waals surface area contributed by atoms with Gasteiger partial charge in [-0.3, -0.25) is 4.79 Å². The summed E-state index contributed by atoms with van der Waals surface area (Å²) in [4.78, 5) is 12.7. The van der Waals surface area contributed by atoms with E-state index in [1.165, 1.54) is 0 Å². The highest BCUT2D eigenvalue weighted by molar-refractivity contribution is 6.00. The normalized spacial score (nSPS) is 30.1. The highest BCUT2D eigenvalue weighted by Gasteiger charge is 2.53. The molecule has 1 fully saturated rings. The molecule has 0 heterocycles. The number of aliphatic hydroxyl groups is 1. The van der Waals surface area contributed by atoms with Crippen LogP contribution in [0.3, 0.4) is 0 Å². The van der Waals surface area contributed by atoms with E-state index >= 15 is 0 Å². The number of phenols is 1. The quantitative estimate of drug-likeness (QED) is 0.820. The summed E-state index contributed by atoms with van der Waals surface area (Å²) in [6.45, 7) is 8.27. The summed E-state index contributed by atoms with van der Waals surface area (Å²) in [5.74, 6) is 0.367. The van der Waals surface area contributed by atoms with Crippen molar-refractivity contribution in [1.82, 2.24) is 0 Å². The molecule has 120 valence electrons. The number of Topliss-reactive ketones (excluding diaryl/α,β-unsaturated/α-hetero) is 1. The lowest BCUT2D eigenvalue weighted by Gasteiger charge is -2.52. The molecule has 0 spiro atoms. The minimum absolute atomic E-state index is 0.0628. The molecular weight excluding hydrogens is 276 g/mol. The van der Waals surface area contributed by atoms with E-state index in [-0.39, 0.29) is 28.8 Å². The first-order valence-corrected chi connectivity index (χ1v) is 8.30. The Morgan fingerprint density at radius 3 is 2.55 bits per heavy atom. The van der Waals surface area contributed by atoms with Crippen LogP contribution >= 0.6 is 0 Å². The Balaban J connectivity index is 2.20. The zero-order valence-electron chi connectivity index (χ0n) is 13.9. The van der Waals surface area contributed by atoms with Crippen LogP contribution in [0.4, 0.5) is 0 Å². The van der Waals surface area contributed by atoms with Crippen molar-refractivity contribution < 1.29 is 15.0 Å². The summed E-state index contributed by atoms with van der Waals surface area (Å²) in [5.41, 5.74) is 0.982. The van der Waals surface area contributed by atoms with Crippen LogP contribution in [0.15, 0.2) is 12.1 Å². The van der Waals surface area contributed by atoms with Crippen LogP contribution in [-0.2, 0) is 5.60 Å². The van der Waals surface area contributed by atoms with Crippen molar-refractivity contribution in [2.75, 3.05) is 0 Å². The first kappa shape index (κ1) is 15.5. The number of aromatic hydroxyl groups is 1. The Hall–Kier alpha value is -1.35. The average molecular weight is 302 g/mol. The van der Waals surface area contributed by atoms with Gasteiger partial charge in [-0.15, -0.1) is 0 Å². The molecule has 2 N–H and O–H groups in total. The van der Waals surface area contributed by atoms with Crippen molar-refractivity contribution in [1.29, 1.82) is 0 Å². The lowest BCUT2D eigenvalue weighted by atomic mass is 9.55. The Labute approximate surface area is 132 Å². The number of hydrogen-bond donors (Lipinski definition) is 2.